The van der Waals surface area contributed by atoms with Crippen LogP contribution in [0.15, 0.2) is 29.2 Å². The van der Waals surface area contributed by atoms with Crippen LogP contribution < -0.4 is 10.0 Å². The number of sulfonamides is 1. The van der Waals surface area contributed by atoms with Gasteiger partial charge in [0.15, 0.2) is 0 Å². The minimum absolute atomic E-state index is 0.186. The van der Waals surface area contributed by atoms with Crippen molar-refractivity contribution in [1.82, 2.24) is 10.0 Å². The van der Waals surface area contributed by atoms with Crippen molar-refractivity contribution in [2.24, 2.45) is 0 Å². The Kier molecular flexibility index (Phi) is 6.48. The zero-order chi connectivity index (χ0) is 14.3. The summed E-state index contributed by atoms with van der Waals surface area (Å²) >= 11 is 0. The van der Waals surface area contributed by atoms with Gasteiger partial charge in [0.25, 0.3) is 0 Å². The minimum Gasteiger partial charge on any atom is -0.313 e. The lowest BCUT2D eigenvalue weighted by Crippen LogP contribution is -2.25. The van der Waals surface area contributed by atoms with Gasteiger partial charge < -0.3 is 5.32 Å². The molecule has 0 radical (unpaired) electrons. The van der Waals surface area contributed by atoms with Crippen LogP contribution in [-0.4, -0.2) is 22.0 Å². The molecule has 1 aromatic carbocycles. The Bertz CT molecular complexity index is 482. The standard InChI is InChI=1S/C14H24N2O2S/c1-4-6-10-16-19(17,18)13-9-7-8-12(11-13)14(5-2)15-3/h7-9,11,14-16H,4-6,10H2,1-3H3. The van der Waals surface area contributed by atoms with Crippen molar-refractivity contribution in [2.45, 2.75) is 44.0 Å². The first-order chi connectivity index (χ1) is 9.05. The van der Waals surface area contributed by atoms with E-state index in [0.717, 1.165) is 24.8 Å². The van der Waals surface area contributed by atoms with E-state index in [1.54, 1.807) is 18.2 Å². The van der Waals surface area contributed by atoms with E-state index < -0.39 is 10.0 Å². The SMILES string of the molecule is CCCCNS(=O)(=O)c1cccc(C(CC)NC)c1. The molecule has 1 rings (SSSR count). The number of rotatable bonds is 8. The van der Waals surface area contributed by atoms with Crippen molar-refractivity contribution < 1.29 is 8.42 Å². The summed E-state index contributed by atoms with van der Waals surface area (Å²) in [5.74, 6) is 0. The maximum atomic E-state index is 12.1. The van der Waals surface area contributed by atoms with E-state index in [-0.39, 0.29) is 6.04 Å². The molecule has 0 aromatic heterocycles. The molecule has 0 saturated carbocycles. The van der Waals surface area contributed by atoms with E-state index in [2.05, 4.69) is 17.0 Å². The Labute approximate surface area is 116 Å². The van der Waals surface area contributed by atoms with Gasteiger partial charge in [0, 0.05) is 12.6 Å². The minimum atomic E-state index is -3.38. The third-order valence-electron chi connectivity index (χ3n) is 3.15. The van der Waals surface area contributed by atoms with Crippen LogP contribution in [-0.2, 0) is 10.0 Å². The van der Waals surface area contributed by atoms with Gasteiger partial charge in [0.1, 0.15) is 0 Å². The summed E-state index contributed by atoms with van der Waals surface area (Å²) in [5, 5.41) is 3.18. The molecular formula is C14H24N2O2S. The van der Waals surface area contributed by atoms with Crippen LogP contribution >= 0.6 is 0 Å². The molecule has 0 saturated heterocycles. The maximum absolute atomic E-state index is 12.1. The molecular weight excluding hydrogens is 260 g/mol. The van der Waals surface area contributed by atoms with E-state index >= 15 is 0 Å². The second kappa shape index (κ2) is 7.62. The smallest absolute Gasteiger partial charge is 0.240 e. The zero-order valence-electron chi connectivity index (χ0n) is 11.9. The fraction of sp³-hybridized carbons (Fsp3) is 0.571. The Hall–Kier alpha value is -0.910. The molecule has 108 valence electrons. The highest BCUT2D eigenvalue weighted by molar-refractivity contribution is 7.89. The first kappa shape index (κ1) is 16.1. The molecule has 1 unspecified atom stereocenters. The van der Waals surface area contributed by atoms with Gasteiger partial charge in [-0.2, -0.15) is 0 Å². The first-order valence-electron chi connectivity index (χ1n) is 6.82. The Morgan fingerprint density at radius 3 is 2.58 bits per heavy atom. The Balaban J connectivity index is 2.92. The van der Waals surface area contributed by atoms with Crippen LogP contribution in [0.3, 0.4) is 0 Å². The van der Waals surface area contributed by atoms with Gasteiger partial charge in [-0.05, 0) is 37.6 Å². The fourth-order valence-electron chi connectivity index (χ4n) is 1.97. The highest BCUT2D eigenvalue weighted by Gasteiger charge is 2.15. The molecule has 1 aromatic rings. The zero-order valence-corrected chi connectivity index (χ0v) is 12.8. The summed E-state index contributed by atoms with van der Waals surface area (Å²) in [5.41, 5.74) is 1.00. The van der Waals surface area contributed by atoms with Crippen molar-refractivity contribution >= 4 is 10.0 Å². The van der Waals surface area contributed by atoms with Crippen LogP contribution in [0.1, 0.15) is 44.7 Å². The quantitative estimate of drug-likeness (QED) is 0.721. The lowest BCUT2D eigenvalue weighted by atomic mass is 10.1. The topological polar surface area (TPSA) is 58.2 Å². The van der Waals surface area contributed by atoms with Gasteiger partial charge in [-0.25, -0.2) is 13.1 Å². The second-order valence-electron chi connectivity index (χ2n) is 4.57. The van der Waals surface area contributed by atoms with Gasteiger partial charge >= 0.3 is 0 Å². The lowest BCUT2D eigenvalue weighted by Gasteiger charge is -2.15. The fourth-order valence-corrected chi connectivity index (χ4v) is 3.10. The Morgan fingerprint density at radius 1 is 1.26 bits per heavy atom. The molecule has 0 aliphatic heterocycles. The van der Waals surface area contributed by atoms with E-state index in [1.165, 1.54) is 0 Å². The van der Waals surface area contributed by atoms with Crippen LogP contribution in [0.2, 0.25) is 0 Å². The molecule has 1 atom stereocenters. The molecule has 0 bridgehead atoms. The third kappa shape index (κ3) is 4.60. The van der Waals surface area contributed by atoms with Crippen LogP contribution in [0.25, 0.3) is 0 Å². The van der Waals surface area contributed by atoms with Gasteiger partial charge in [0.05, 0.1) is 4.90 Å². The van der Waals surface area contributed by atoms with Crippen molar-refractivity contribution in [3.8, 4) is 0 Å². The van der Waals surface area contributed by atoms with E-state index in [9.17, 15) is 8.42 Å². The third-order valence-corrected chi connectivity index (χ3v) is 4.61. The average Bonchev–Trinajstić information content (AvgIpc) is 2.41. The van der Waals surface area contributed by atoms with Gasteiger partial charge in [0.2, 0.25) is 10.0 Å². The van der Waals surface area contributed by atoms with Gasteiger partial charge in [-0.3, -0.25) is 0 Å². The van der Waals surface area contributed by atoms with Crippen LogP contribution in [0.4, 0.5) is 0 Å². The van der Waals surface area contributed by atoms with E-state index in [1.807, 2.05) is 20.0 Å². The normalized spacial score (nSPS) is 13.4. The molecule has 0 amide bonds. The number of hydrogen-bond donors (Lipinski definition) is 2. The van der Waals surface area contributed by atoms with Gasteiger partial charge in [-0.1, -0.05) is 32.4 Å². The molecule has 4 nitrogen and oxygen atoms in total. The monoisotopic (exact) mass is 284 g/mol. The predicted molar refractivity (Wildman–Crippen MR) is 78.6 cm³/mol. The summed E-state index contributed by atoms with van der Waals surface area (Å²) < 4.78 is 26.9. The molecule has 5 heteroatoms. The van der Waals surface area contributed by atoms with Crippen LogP contribution in [0, 0.1) is 0 Å². The van der Waals surface area contributed by atoms with Crippen molar-refractivity contribution in [2.75, 3.05) is 13.6 Å². The first-order valence-corrected chi connectivity index (χ1v) is 8.30. The summed E-state index contributed by atoms with van der Waals surface area (Å²) in [6, 6.07) is 7.32. The molecule has 0 heterocycles. The molecule has 0 fully saturated rings. The predicted octanol–water partition coefficient (Wildman–Crippen LogP) is 2.44. The van der Waals surface area contributed by atoms with E-state index in [4.69, 9.17) is 0 Å². The van der Waals surface area contributed by atoms with Crippen molar-refractivity contribution in [1.29, 1.82) is 0 Å². The average molecular weight is 284 g/mol. The second-order valence-corrected chi connectivity index (χ2v) is 6.34. The highest BCUT2D eigenvalue weighted by atomic mass is 32.2. The molecule has 0 aliphatic carbocycles. The summed E-state index contributed by atoms with van der Waals surface area (Å²) in [6.07, 6.45) is 2.75. The molecule has 2 N–H and O–H groups in total. The van der Waals surface area contributed by atoms with Crippen molar-refractivity contribution in [3.63, 3.8) is 0 Å². The number of benzene rings is 1. The summed E-state index contributed by atoms with van der Waals surface area (Å²) in [6.45, 7) is 4.60. The number of unbranched alkanes of at least 4 members (excludes halogenated alkanes) is 1. The van der Waals surface area contributed by atoms with Crippen molar-refractivity contribution in [3.05, 3.63) is 29.8 Å². The largest absolute Gasteiger partial charge is 0.313 e. The number of hydrogen-bond acceptors (Lipinski definition) is 3. The Morgan fingerprint density at radius 2 is 2.00 bits per heavy atom. The van der Waals surface area contributed by atoms with Gasteiger partial charge in [-0.15, -0.1) is 0 Å². The van der Waals surface area contributed by atoms with Crippen LogP contribution in [0.5, 0.6) is 0 Å². The molecule has 19 heavy (non-hydrogen) atoms. The summed E-state index contributed by atoms with van der Waals surface area (Å²) in [4.78, 5) is 0.342. The molecule has 0 spiro atoms. The highest BCUT2D eigenvalue weighted by Crippen LogP contribution is 2.19. The van der Waals surface area contributed by atoms with E-state index in [0.29, 0.717) is 11.4 Å². The maximum Gasteiger partial charge on any atom is 0.240 e. The lowest BCUT2D eigenvalue weighted by molar-refractivity contribution is 0.569. The molecule has 0 aliphatic rings. The summed E-state index contributed by atoms with van der Waals surface area (Å²) in [7, 11) is -1.50. The number of nitrogens with one attached hydrogen (secondary N) is 2.